The number of nitrogen functional groups attached to an aromatic ring is 1. The van der Waals surface area contributed by atoms with Gasteiger partial charge in [0.15, 0.2) is 17.0 Å². The molecule has 0 atom stereocenters. The SMILES string of the molecule is Cl.Nc1nc(C#CC2(O)CCCCC2)nc2c1nc(-c1cccc(F)c1)n2C1CCCC1. The van der Waals surface area contributed by atoms with Crippen LogP contribution in [0.3, 0.4) is 0 Å². The summed E-state index contributed by atoms with van der Waals surface area (Å²) in [5.41, 5.74) is 7.09. The molecule has 0 amide bonds. The molecule has 0 saturated heterocycles. The maximum atomic E-state index is 13.9. The number of rotatable bonds is 2. The zero-order valence-electron chi connectivity index (χ0n) is 17.9. The summed E-state index contributed by atoms with van der Waals surface area (Å²) < 4.78 is 16.0. The molecule has 2 aromatic heterocycles. The number of nitrogens with zero attached hydrogens (tertiary/aromatic N) is 4. The summed E-state index contributed by atoms with van der Waals surface area (Å²) in [4.78, 5) is 13.8. The molecule has 5 rings (SSSR count). The highest BCUT2D eigenvalue weighted by Crippen LogP contribution is 2.37. The summed E-state index contributed by atoms with van der Waals surface area (Å²) in [6.45, 7) is 0. The number of aliphatic hydroxyl groups is 1. The maximum absolute atomic E-state index is 13.9. The first-order valence-corrected chi connectivity index (χ1v) is 11.1. The molecule has 2 aliphatic rings. The van der Waals surface area contributed by atoms with E-state index in [9.17, 15) is 9.50 Å². The van der Waals surface area contributed by atoms with Gasteiger partial charge in [0.05, 0.1) is 0 Å². The number of imidazole rings is 1. The summed E-state index contributed by atoms with van der Waals surface area (Å²) in [5.74, 6) is 6.82. The van der Waals surface area contributed by atoms with E-state index in [0.29, 0.717) is 35.4 Å². The lowest BCUT2D eigenvalue weighted by molar-refractivity contribution is 0.0610. The molecule has 0 unspecified atom stereocenters. The number of halogens is 2. The van der Waals surface area contributed by atoms with Gasteiger partial charge in [0, 0.05) is 11.6 Å². The van der Waals surface area contributed by atoms with Crippen molar-refractivity contribution >= 4 is 29.4 Å². The van der Waals surface area contributed by atoms with Gasteiger partial charge in [-0.15, -0.1) is 12.4 Å². The third-order valence-corrected chi connectivity index (χ3v) is 6.43. The predicted molar refractivity (Wildman–Crippen MR) is 125 cm³/mol. The Bertz CT molecular complexity index is 1190. The molecule has 3 N–H and O–H groups in total. The molecule has 0 aliphatic heterocycles. The Hall–Kier alpha value is -2.69. The van der Waals surface area contributed by atoms with E-state index in [1.54, 1.807) is 6.07 Å². The number of fused-ring (bicyclic) bond motifs is 1. The fourth-order valence-electron chi connectivity index (χ4n) is 4.82. The monoisotopic (exact) mass is 455 g/mol. The number of benzene rings is 1. The fraction of sp³-hybridized carbons (Fsp3) is 0.458. The van der Waals surface area contributed by atoms with Crippen molar-refractivity contribution in [2.75, 3.05) is 5.73 Å². The normalized spacial score (nSPS) is 18.2. The highest BCUT2D eigenvalue weighted by Gasteiger charge is 2.28. The van der Waals surface area contributed by atoms with Crippen molar-refractivity contribution in [3.05, 3.63) is 35.9 Å². The summed E-state index contributed by atoms with van der Waals surface area (Å²) in [6.07, 6.45) is 8.69. The highest BCUT2D eigenvalue weighted by atomic mass is 35.5. The maximum Gasteiger partial charge on any atom is 0.209 e. The Balaban J connectivity index is 0.00000245. The first-order valence-electron chi connectivity index (χ1n) is 11.1. The summed E-state index contributed by atoms with van der Waals surface area (Å²) in [5, 5.41) is 10.7. The van der Waals surface area contributed by atoms with E-state index in [-0.39, 0.29) is 35.9 Å². The van der Waals surface area contributed by atoms with Crippen molar-refractivity contribution in [3.8, 4) is 23.2 Å². The molecule has 3 aromatic rings. The van der Waals surface area contributed by atoms with Gasteiger partial charge in [-0.25, -0.2) is 19.3 Å². The van der Waals surface area contributed by atoms with Gasteiger partial charge in [-0.1, -0.05) is 37.3 Å². The molecule has 0 spiro atoms. The van der Waals surface area contributed by atoms with E-state index in [1.165, 1.54) is 12.1 Å². The lowest BCUT2D eigenvalue weighted by Crippen LogP contribution is -2.29. The Morgan fingerprint density at radius 3 is 2.53 bits per heavy atom. The van der Waals surface area contributed by atoms with Crippen molar-refractivity contribution in [1.82, 2.24) is 19.5 Å². The zero-order chi connectivity index (χ0) is 21.4. The third kappa shape index (κ3) is 4.30. The van der Waals surface area contributed by atoms with Crippen LogP contribution in [0.15, 0.2) is 24.3 Å². The van der Waals surface area contributed by atoms with Gasteiger partial charge in [0.2, 0.25) is 5.82 Å². The molecule has 2 aliphatic carbocycles. The van der Waals surface area contributed by atoms with Crippen molar-refractivity contribution < 1.29 is 9.50 Å². The molecule has 8 heteroatoms. The van der Waals surface area contributed by atoms with E-state index in [4.69, 9.17) is 15.7 Å². The van der Waals surface area contributed by atoms with Crippen molar-refractivity contribution in [2.45, 2.75) is 69.4 Å². The third-order valence-electron chi connectivity index (χ3n) is 6.43. The molecule has 0 radical (unpaired) electrons. The van der Waals surface area contributed by atoms with Gasteiger partial charge < -0.3 is 15.4 Å². The van der Waals surface area contributed by atoms with Gasteiger partial charge >= 0.3 is 0 Å². The average molecular weight is 456 g/mol. The number of nitrogens with two attached hydrogens (primary N) is 1. The van der Waals surface area contributed by atoms with Crippen LogP contribution in [0.1, 0.15) is 69.7 Å². The van der Waals surface area contributed by atoms with Crippen LogP contribution in [0.4, 0.5) is 10.2 Å². The average Bonchev–Trinajstić information content (AvgIpc) is 3.41. The van der Waals surface area contributed by atoms with Gasteiger partial charge in [0.1, 0.15) is 17.2 Å². The largest absolute Gasteiger partial charge is 0.382 e. The van der Waals surface area contributed by atoms with E-state index in [2.05, 4.69) is 21.4 Å². The minimum Gasteiger partial charge on any atom is -0.382 e. The second-order valence-electron chi connectivity index (χ2n) is 8.70. The van der Waals surface area contributed by atoms with Crippen LogP contribution < -0.4 is 5.73 Å². The molecule has 168 valence electrons. The van der Waals surface area contributed by atoms with Crippen LogP contribution >= 0.6 is 12.4 Å². The van der Waals surface area contributed by atoms with E-state index >= 15 is 0 Å². The molecule has 6 nitrogen and oxygen atoms in total. The van der Waals surface area contributed by atoms with Crippen LogP contribution in [-0.4, -0.2) is 30.2 Å². The topological polar surface area (TPSA) is 89.8 Å². The van der Waals surface area contributed by atoms with Crippen molar-refractivity contribution in [1.29, 1.82) is 0 Å². The molecular formula is C24H27ClFN5O. The minimum atomic E-state index is -0.982. The zero-order valence-corrected chi connectivity index (χ0v) is 18.7. The van der Waals surface area contributed by atoms with Crippen LogP contribution in [-0.2, 0) is 0 Å². The molecule has 32 heavy (non-hydrogen) atoms. The predicted octanol–water partition coefficient (Wildman–Crippen LogP) is 4.80. The Labute approximate surface area is 192 Å². The number of aromatic nitrogens is 4. The van der Waals surface area contributed by atoms with Crippen molar-refractivity contribution in [3.63, 3.8) is 0 Å². The molecule has 2 heterocycles. The molecule has 2 fully saturated rings. The van der Waals surface area contributed by atoms with Crippen LogP contribution in [0.2, 0.25) is 0 Å². The smallest absolute Gasteiger partial charge is 0.209 e. The van der Waals surface area contributed by atoms with Gasteiger partial charge in [-0.3, -0.25) is 0 Å². The van der Waals surface area contributed by atoms with Crippen LogP contribution in [0.5, 0.6) is 0 Å². The molecule has 2 saturated carbocycles. The lowest BCUT2D eigenvalue weighted by Gasteiger charge is -2.26. The van der Waals surface area contributed by atoms with E-state index < -0.39 is 5.60 Å². The quantitative estimate of drug-likeness (QED) is 0.542. The second-order valence-corrected chi connectivity index (χ2v) is 8.70. The number of hydrogen-bond donors (Lipinski definition) is 2. The second kappa shape index (κ2) is 9.05. The van der Waals surface area contributed by atoms with Crippen LogP contribution in [0, 0.1) is 17.7 Å². The molecule has 0 bridgehead atoms. The standard InChI is InChI=1S/C24H26FN5O.ClH/c25-17-8-6-7-16(15-17)22-29-20-21(26)27-19(11-14-24(31)12-4-1-5-13-24)28-23(20)30(22)18-9-2-3-10-18;/h6-8,15,18,31H,1-5,9-10,12-13H2,(H2,26,27,28);1H. The summed E-state index contributed by atoms with van der Waals surface area (Å²) >= 11 is 0. The summed E-state index contributed by atoms with van der Waals surface area (Å²) in [7, 11) is 0. The van der Waals surface area contributed by atoms with E-state index in [0.717, 1.165) is 44.9 Å². The first-order chi connectivity index (χ1) is 15.0. The van der Waals surface area contributed by atoms with Crippen LogP contribution in [0.25, 0.3) is 22.6 Å². The van der Waals surface area contributed by atoms with E-state index in [1.807, 2.05) is 6.07 Å². The lowest BCUT2D eigenvalue weighted by atomic mass is 9.85. The van der Waals surface area contributed by atoms with Gasteiger partial charge in [0.25, 0.3) is 0 Å². The number of hydrogen-bond acceptors (Lipinski definition) is 5. The Kier molecular flexibility index (Phi) is 6.36. The summed E-state index contributed by atoms with van der Waals surface area (Å²) in [6, 6.07) is 6.65. The minimum absolute atomic E-state index is 0. The Morgan fingerprint density at radius 2 is 1.81 bits per heavy atom. The molecule has 1 aromatic carbocycles. The highest BCUT2D eigenvalue weighted by molar-refractivity contribution is 5.86. The Morgan fingerprint density at radius 1 is 1.06 bits per heavy atom. The number of anilines is 1. The first kappa shape index (κ1) is 22.5. The van der Waals surface area contributed by atoms with Crippen molar-refractivity contribution in [2.24, 2.45) is 0 Å². The van der Waals surface area contributed by atoms with Gasteiger partial charge in [-0.05, 0) is 56.6 Å². The molecular weight excluding hydrogens is 429 g/mol. The fourth-order valence-corrected chi connectivity index (χ4v) is 4.82. The van der Waals surface area contributed by atoms with Gasteiger partial charge in [-0.2, -0.15) is 0 Å².